The van der Waals surface area contributed by atoms with Crippen molar-refractivity contribution in [3.05, 3.63) is 35.4 Å². The van der Waals surface area contributed by atoms with Crippen LogP contribution in [0.2, 0.25) is 0 Å². The van der Waals surface area contributed by atoms with E-state index in [9.17, 15) is 9.59 Å². The molecule has 0 spiro atoms. The van der Waals surface area contributed by atoms with Crippen molar-refractivity contribution in [2.24, 2.45) is 0 Å². The van der Waals surface area contributed by atoms with Crippen LogP contribution in [0.5, 0.6) is 0 Å². The second kappa shape index (κ2) is 4.37. The summed E-state index contributed by atoms with van der Waals surface area (Å²) in [6.07, 6.45) is 2.72. The Labute approximate surface area is 98.0 Å². The minimum atomic E-state index is -0.495. The molecular formula is C12H12N2O3. The molecule has 0 aromatic carbocycles. The van der Waals surface area contributed by atoms with Crippen LogP contribution in [0.3, 0.4) is 0 Å². The third kappa shape index (κ3) is 1.91. The first kappa shape index (κ1) is 11.3. The Morgan fingerprint density at radius 2 is 2.35 bits per heavy atom. The first-order chi connectivity index (χ1) is 8.17. The number of imidazole rings is 1. The summed E-state index contributed by atoms with van der Waals surface area (Å²) in [7, 11) is 1.31. The topological polar surface area (TPSA) is 60.7 Å². The average molecular weight is 232 g/mol. The lowest BCUT2D eigenvalue weighted by Gasteiger charge is -1.99. The number of fused-ring (bicyclic) bond motifs is 1. The number of hydrogen-bond acceptors (Lipinski definition) is 4. The highest BCUT2D eigenvalue weighted by molar-refractivity contribution is 5.95. The van der Waals surface area contributed by atoms with Gasteiger partial charge in [-0.25, -0.2) is 9.78 Å². The van der Waals surface area contributed by atoms with Gasteiger partial charge in [0.15, 0.2) is 5.69 Å². The summed E-state index contributed by atoms with van der Waals surface area (Å²) in [5, 5.41) is 0. The maximum atomic E-state index is 11.6. The first-order valence-electron chi connectivity index (χ1n) is 5.17. The largest absolute Gasteiger partial charge is 0.464 e. The Bertz CT molecular complexity index is 587. The number of aromatic nitrogens is 2. The Balaban J connectivity index is 2.70. The Hall–Kier alpha value is -2.17. The second-order valence-electron chi connectivity index (χ2n) is 3.70. The van der Waals surface area contributed by atoms with Crippen LogP contribution >= 0.6 is 0 Å². The van der Waals surface area contributed by atoms with Crippen molar-refractivity contribution >= 4 is 17.8 Å². The molecule has 5 heteroatoms. The Kier molecular flexibility index (Phi) is 2.91. The van der Waals surface area contributed by atoms with E-state index in [1.54, 1.807) is 10.6 Å². The van der Waals surface area contributed by atoms with Gasteiger partial charge in [-0.15, -0.1) is 0 Å². The Morgan fingerprint density at radius 1 is 1.59 bits per heavy atom. The normalized spacial score (nSPS) is 10.5. The summed E-state index contributed by atoms with van der Waals surface area (Å²) in [6.45, 7) is 1.92. The molecule has 0 aliphatic carbocycles. The van der Waals surface area contributed by atoms with Crippen molar-refractivity contribution < 1.29 is 14.3 Å². The fraction of sp³-hybridized carbons (Fsp3) is 0.250. The number of ether oxygens (including phenoxy) is 1. The maximum absolute atomic E-state index is 11.6. The Morgan fingerprint density at radius 3 is 3.00 bits per heavy atom. The summed E-state index contributed by atoms with van der Waals surface area (Å²) in [5.74, 6) is 0.0423. The number of aldehydes is 1. The molecule has 0 radical (unpaired) electrons. The monoisotopic (exact) mass is 232 g/mol. The zero-order chi connectivity index (χ0) is 12.4. The number of rotatable bonds is 3. The smallest absolute Gasteiger partial charge is 0.358 e. The quantitative estimate of drug-likeness (QED) is 0.588. The molecule has 0 saturated heterocycles. The van der Waals surface area contributed by atoms with Crippen LogP contribution in [0.4, 0.5) is 0 Å². The van der Waals surface area contributed by atoms with E-state index in [1.807, 2.05) is 19.1 Å². The minimum absolute atomic E-state index is 0.168. The van der Waals surface area contributed by atoms with Gasteiger partial charge in [0.25, 0.3) is 0 Å². The van der Waals surface area contributed by atoms with Crippen LogP contribution in [-0.4, -0.2) is 28.7 Å². The summed E-state index contributed by atoms with van der Waals surface area (Å²) < 4.78 is 6.40. The molecule has 0 N–H and O–H groups in total. The summed E-state index contributed by atoms with van der Waals surface area (Å²) >= 11 is 0. The molecule has 5 nitrogen and oxygen atoms in total. The molecular weight excluding hydrogens is 220 g/mol. The van der Waals surface area contributed by atoms with Gasteiger partial charge in [0.2, 0.25) is 0 Å². The van der Waals surface area contributed by atoms with Gasteiger partial charge in [-0.05, 0) is 24.6 Å². The lowest BCUT2D eigenvalue weighted by Crippen LogP contribution is -2.02. The standard InChI is InChI=1S/C12H12N2O3/c1-8-3-5-14-9(7-8)11(12(16)17-2)13-10(14)4-6-15/h3,5-7H,4H2,1-2H3. The summed E-state index contributed by atoms with van der Waals surface area (Å²) in [6, 6.07) is 3.73. The molecule has 0 atom stereocenters. The van der Waals surface area contributed by atoms with E-state index in [-0.39, 0.29) is 12.1 Å². The number of carbonyl (C=O) groups excluding carboxylic acids is 2. The van der Waals surface area contributed by atoms with Crippen LogP contribution in [0.1, 0.15) is 21.9 Å². The number of hydrogen-bond donors (Lipinski definition) is 0. The molecule has 2 aromatic heterocycles. The zero-order valence-corrected chi connectivity index (χ0v) is 9.64. The van der Waals surface area contributed by atoms with Crippen LogP contribution in [0.15, 0.2) is 18.3 Å². The van der Waals surface area contributed by atoms with Gasteiger partial charge in [-0.2, -0.15) is 0 Å². The van der Waals surface area contributed by atoms with E-state index in [4.69, 9.17) is 0 Å². The van der Waals surface area contributed by atoms with Gasteiger partial charge in [-0.1, -0.05) is 0 Å². The van der Waals surface area contributed by atoms with Crippen LogP contribution in [0, 0.1) is 6.92 Å². The number of pyridine rings is 1. The highest BCUT2D eigenvalue weighted by Crippen LogP contribution is 2.16. The lowest BCUT2D eigenvalue weighted by molar-refractivity contribution is -0.107. The van der Waals surface area contributed by atoms with Crippen molar-refractivity contribution in [1.82, 2.24) is 9.38 Å². The fourth-order valence-electron chi connectivity index (χ4n) is 1.72. The first-order valence-corrected chi connectivity index (χ1v) is 5.17. The van der Waals surface area contributed by atoms with Crippen molar-refractivity contribution in [3.8, 4) is 0 Å². The van der Waals surface area contributed by atoms with Crippen LogP contribution in [-0.2, 0) is 16.0 Å². The van der Waals surface area contributed by atoms with Crippen LogP contribution < -0.4 is 0 Å². The number of aryl methyl sites for hydroxylation is 1. The van der Waals surface area contributed by atoms with Gasteiger partial charge >= 0.3 is 5.97 Å². The molecule has 0 saturated carbocycles. The highest BCUT2D eigenvalue weighted by atomic mass is 16.5. The molecule has 0 unspecified atom stereocenters. The number of esters is 1. The van der Waals surface area contributed by atoms with E-state index in [0.717, 1.165) is 11.8 Å². The molecule has 0 fully saturated rings. The lowest BCUT2D eigenvalue weighted by atomic mass is 10.2. The van der Waals surface area contributed by atoms with Gasteiger partial charge in [0.05, 0.1) is 19.0 Å². The van der Waals surface area contributed by atoms with Crippen LogP contribution in [0.25, 0.3) is 5.52 Å². The molecule has 0 aliphatic rings. The molecule has 0 amide bonds. The molecule has 2 aromatic rings. The zero-order valence-electron chi connectivity index (χ0n) is 9.64. The summed E-state index contributed by atoms with van der Waals surface area (Å²) in [4.78, 5) is 26.3. The second-order valence-corrected chi connectivity index (χ2v) is 3.70. The number of nitrogens with zero attached hydrogens (tertiary/aromatic N) is 2. The molecule has 0 aliphatic heterocycles. The predicted octanol–water partition coefficient (Wildman–Crippen LogP) is 1.17. The number of carbonyl (C=O) groups is 2. The van der Waals surface area contributed by atoms with Gasteiger partial charge in [-0.3, -0.25) is 0 Å². The van der Waals surface area contributed by atoms with Crippen molar-refractivity contribution in [2.75, 3.05) is 7.11 Å². The van der Waals surface area contributed by atoms with E-state index in [1.165, 1.54) is 7.11 Å². The average Bonchev–Trinajstić information content (AvgIpc) is 2.67. The van der Waals surface area contributed by atoms with E-state index >= 15 is 0 Å². The maximum Gasteiger partial charge on any atom is 0.358 e. The molecule has 0 bridgehead atoms. The van der Waals surface area contributed by atoms with Crippen molar-refractivity contribution in [3.63, 3.8) is 0 Å². The molecule has 17 heavy (non-hydrogen) atoms. The van der Waals surface area contributed by atoms with Crippen molar-refractivity contribution in [2.45, 2.75) is 13.3 Å². The minimum Gasteiger partial charge on any atom is -0.464 e. The van der Waals surface area contributed by atoms with Crippen molar-refractivity contribution in [1.29, 1.82) is 0 Å². The van der Waals surface area contributed by atoms with Gasteiger partial charge in [0, 0.05) is 6.20 Å². The summed E-state index contributed by atoms with van der Waals surface area (Å²) in [5.41, 5.74) is 1.92. The SMILES string of the molecule is COC(=O)c1nc(CC=O)n2ccc(C)cc12. The highest BCUT2D eigenvalue weighted by Gasteiger charge is 2.17. The third-order valence-corrected chi connectivity index (χ3v) is 2.52. The van der Waals surface area contributed by atoms with Gasteiger partial charge in [0.1, 0.15) is 12.1 Å². The molecule has 88 valence electrons. The van der Waals surface area contributed by atoms with Gasteiger partial charge < -0.3 is 13.9 Å². The van der Waals surface area contributed by atoms with E-state index < -0.39 is 5.97 Å². The van der Waals surface area contributed by atoms with E-state index in [0.29, 0.717) is 11.3 Å². The molecule has 2 rings (SSSR count). The number of methoxy groups -OCH3 is 1. The third-order valence-electron chi connectivity index (χ3n) is 2.52. The van der Waals surface area contributed by atoms with E-state index in [2.05, 4.69) is 9.72 Å². The molecule has 2 heterocycles. The predicted molar refractivity (Wildman–Crippen MR) is 61.0 cm³/mol. The fourth-order valence-corrected chi connectivity index (χ4v) is 1.72.